The predicted octanol–water partition coefficient (Wildman–Crippen LogP) is 2.98. The lowest BCUT2D eigenvalue weighted by molar-refractivity contribution is 0.643. The molecule has 0 saturated carbocycles. The van der Waals surface area contributed by atoms with Gasteiger partial charge in [0.2, 0.25) is 0 Å². The van der Waals surface area contributed by atoms with E-state index in [1.54, 1.807) is 0 Å². The predicted molar refractivity (Wildman–Crippen MR) is 81.4 cm³/mol. The van der Waals surface area contributed by atoms with Crippen molar-refractivity contribution in [1.29, 1.82) is 0 Å². The Bertz CT molecular complexity index is 824. The summed E-state index contributed by atoms with van der Waals surface area (Å²) in [5.41, 5.74) is 5.47. The first-order valence-electron chi connectivity index (χ1n) is 6.67. The normalized spacial score (nSPS) is 11.3. The van der Waals surface area contributed by atoms with E-state index in [0.717, 1.165) is 34.7 Å². The van der Waals surface area contributed by atoms with Gasteiger partial charge >= 0.3 is 0 Å². The highest BCUT2D eigenvalue weighted by Crippen LogP contribution is 2.20. The Labute approximate surface area is 122 Å². The minimum atomic E-state index is 0.734. The van der Waals surface area contributed by atoms with Crippen molar-refractivity contribution < 1.29 is 0 Å². The van der Waals surface area contributed by atoms with E-state index >= 15 is 0 Å². The summed E-state index contributed by atoms with van der Waals surface area (Å²) in [6.07, 6.45) is 3.70. The van der Waals surface area contributed by atoms with Gasteiger partial charge in [0.05, 0.1) is 12.2 Å². The summed E-state index contributed by atoms with van der Waals surface area (Å²) in [5, 5.41) is 4.54. The molecule has 0 spiro atoms. The number of nitrogens with one attached hydrogen (secondary N) is 1. The molecule has 3 aromatic heterocycles. The number of hydrogen-bond donors (Lipinski definition) is 1. The molecular weight excluding hydrogens is 270 g/mol. The molecule has 0 aromatic carbocycles. The monoisotopic (exact) mass is 287 g/mol. The molecule has 6 heteroatoms. The van der Waals surface area contributed by atoms with E-state index in [1.807, 2.05) is 30.1 Å². The molecule has 0 saturated heterocycles. The zero-order valence-corrected chi connectivity index (χ0v) is 12.7. The van der Waals surface area contributed by atoms with Crippen LogP contribution >= 0.6 is 12.2 Å². The number of rotatable bonds is 3. The zero-order valence-electron chi connectivity index (χ0n) is 11.8. The van der Waals surface area contributed by atoms with E-state index in [0.29, 0.717) is 0 Å². The van der Waals surface area contributed by atoms with Crippen LogP contribution in [0.15, 0.2) is 18.5 Å². The molecule has 0 aliphatic carbocycles. The van der Waals surface area contributed by atoms with E-state index in [2.05, 4.69) is 33.5 Å². The fraction of sp³-hybridized carbons (Fsp3) is 0.357. The van der Waals surface area contributed by atoms with Crippen molar-refractivity contribution in [3.63, 3.8) is 0 Å². The smallest absolute Gasteiger partial charge is 0.179 e. The third-order valence-electron chi connectivity index (χ3n) is 3.60. The summed E-state index contributed by atoms with van der Waals surface area (Å²) in [6, 6.07) is 2.04. The third kappa shape index (κ3) is 1.96. The third-order valence-corrected chi connectivity index (χ3v) is 3.92. The summed E-state index contributed by atoms with van der Waals surface area (Å²) in [4.78, 5) is 7.40. The largest absolute Gasteiger partial charge is 0.328 e. The van der Waals surface area contributed by atoms with Crippen LogP contribution in [0.25, 0.3) is 11.2 Å². The van der Waals surface area contributed by atoms with Gasteiger partial charge in [-0.3, -0.25) is 9.55 Å². The van der Waals surface area contributed by atoms with Gasteiger partial charge in [0, 0.05) is 18.9 Å². The summed E-state index contributed by atoms with van der Waals surface area (Å²) in [6.45, 7) is 7.72. The van der Waals surface area contributed by atoms with Crippen LogP contribution < -0.4 is 0 Å². The number of aryl methyl sites for hydroxylation is 3. The van der Waals surface area contributed by atoms with Crippen LogP contribution in [0.3, 0.4) is 0 Å². The molecule has 0 atom stereocenters. The molecule has 0 radical (unpaired) electrons. The summed E-state index contributed by atoms with van der Waals surface area (Å²) in [7, 11) is 0. The van der Waals surface area contributed by atoms with Crippen LogP contribution in [0.2, 0.25) is 0 Å². The number of imidazole rings is 1. The molecule has 0 aliphatic heterocycles. The highest BCUT2D eigenvalue weighted by molar-refractivity contribution is 7.71. The first-order chi connectivity index (χ1) is 9.61. The van der Waals surface area contributed by atoms with Crippen molar-refractivity contribution in [1.82, 2.24) is 24.3 Å². The number of nitrogens with zero attached hydrogens (tertiary/aromatic N) is 4. The Balaban J connectivity index is 2.19. The molecule has 1 N–H and O–H groups in total. The van der Waals surface area contributed by atoms with Crippen molar-refractivity contribution >= 4 is 23.4 Å². The minimum Gasteiger partial charge on any atom is -0.328 e. The van der Waals surface area contributed by atoms with Gasteiger partial charge in [-0.25, -0.2) is 4.68 Å². The maximum absolute atomic E-state index is 5.47. The fourth-order valence-electron chi connectivity index (χ4n) is 2.48. The van der Waals surface area contributed by atoms with Crippen molar-refractivity contribution in [3.05, 3.63) is 40.1 Å². The average Bonchev–Trinajstić information content (AvgIpc) is 2.91. The molecule has 0 fully saturated rings. The molecule has 0 bridgehead atoms. The van der Waals surface area contributed by atoms with E-state index < -0.39 is 0 Å². The molecule has 3 rings (SSSR count). The van der Waals surface area contributed by atoms with Crippen molar-refractivity contribution in [3.8, 4) is 0 Å². The Hall–Kier alpha value is -1.95. The van der Waals surface area contributed by atoms with Gasteiger partial charge < -0.3 is 4.98 Å². The Morgan fingerprint density at radius 1 is 1.35 bits per heavy atom. The van der Waals surface area contributed by atoms with Crippen LogP contribution in [0.4, 0.5) is 0 Å². The number of hydrogen-bond acceptors (Lipinski definition) is 3. The Kier molecular flexibility index (Phi) is 3.17. The zero-order chi connectivity index (χ0) is 14.3. The van der Waals surface area contributed by atoms with Crippen LogP contribution in [0.5, 0.6) is 0 Å². The lowest BCUT2D eigenvalue weighted by atomic mass is 10.1. The van der Waals surface area contributed by atoms with Crippen molar-refractivity contribution in [2.75, 3.05) is 0 Å². The van der Waals surface area contributed by atoms with Crippen LogP contribution in [-0.4, -0.2) is 24.3 Å². The standard InChI is InChI=1S/C14H17N5S/c1-4-19-13-12(10(3)17-19)16-14(20)18(13)8-11-5-6-15-7-9(11)2/h5-7H,4,8H2,1-3H3,(H,16,20). The number of H-pyrrole nitrogens is 1. The topological polar surface area (TPSA) is 51.4 Å². The van der Waals surface area contributed by atoms with Gasteiger partial charge in [0.25, 0.3) is 0 Å². The fourth-order valence-corrected chi connectivity index (χ4v) is 2.73. The summed E-state index contributed by atoms with van der Waals surface area (Å²) < 4.78 is 4.84. The quantitative estimate of drug-likeness (QED) is 0.753. The molecule has 0 amide bonds. The maximum atomic E-state index is 5.47. The van der Waals surface area contributed by atoms with E-state index in [9.17, 15) is 0 Å². The number of fused-ring (bicyclic) bond motifs is 1. The SMILES string of the molecule is CCn1nc(C)c2[nH]c(=S)n(Cc3ccncc3C)c21. The average molecular weight is 287 g/mol. The molecule has 5 nitrogen and oxygen atoms in total. The second-order valence-corrected chi connectivity index (χ2v) is 5.30. The second-order valence-electron chi connectivity index (χ2n) is 4.92. The van der Waals surface area contributed by atoms with Gasteiger partial charge in [-0.1, -0.05) is 0 Å². The highest BCUT2D eigenvalue weighted by atomic mass is 32.1. The molecular formula is C14H17N5S. The van der Waals surface area contributed by atoms with Crippen LogP contribution in [0.1, 0.15) is 23.7 Å². The first kappa shape index (κ1) is 13.1. The van der Waals surface area contributed by atoms with E-state index in [4.69, 9.17) is 12.2 Å². The van der Waals surface area contributed by atoms with Gasteiger partial charge in [0.15, 0.2) is 10.4 Å². The van der Waals surface area contributed by atoms with Crippen LogP contribution in [-0.2, 0) is 13.1 Å². The van der Waals surface area contributed by atoms with Crippen molar-refractivity contribution in [2.45, 2.75) is 33.9 Å². The highest BCUT2D eigenvalue weighted by Gasteiger charge is 2.14. The second kappa shape index (κ2) is 4.86. The van der Waals surface area contributed by atoms with E-state index in [-0.39, 0.29) is 0 Å². The van der Waals surface area contributed by atoms with Gasteiger partial charge in [-0.15, -0.1) is 0 Å². The minimum absolute atomic E-state index is 0.734. The van der Waals surface area contributed by atoms with Gasteiger partial charge in [0.1, 0.15) is 5.52 Å². The van der Waals surface area contributed by atoms with Crippen LogP contribution in [0, 0.1) is 18.6 Å². The lowest BCUT2D eigenvalue weighted by Crippen LogP contribution is -2.07. The number of aromatic nitrogens is 5. The molecule has 0 aliphatic rings. The van der Waals surface area contributed by atoms with Crippen molar-refractivity contribution in [2.24, 2.45) is 0 Å². The number of aromatic amines is 1. The molecule has 104 valence electrons. The maximum Gasteiger partial charge on any atom is 0.179 e. The Morgan fingerprint density at radius 3 is 2.85 bits per heavy atom. The number of pyridine rings is 1. The van der Waals surface area contributed by atoms with E-state index in [1.165, 1.54) is 11.1 Å². The lowest BCUT2D eigenvalue weighted by Gasteiger charge is -2.08. The Morgan fingerprint density at radius 2 is 2.15 bits per heavy atom. The molecule has 3 heterocycles. The van der Waals surface area contributed by atoms with Gasteiger partial charge in [-0.05, 0) is 50.2 Å². The molecule has 20 heavy (non-hydrogen) atoms. The first-order valence-corrected chi connectivity index (χ1v) is 7.08. The summed E-state index contributed by atoms with van der Waals surface area (Å²) in [5.74, 6) is 0. The summed E-state index contributed by atoms with van der Waals surface area (Å²) >= 11 is 5.47. The molecule has 0 unspecified atom stereocenters. The molecule has 3 aromatic rings. The van der Waals surface area contributed by atoms with Gasteiger partial charge in [-0.2, -0.15) is 5.10 Å².